The maximum atomic E-state index is 11.7. The fourth-order valence-corrected chi connectivity index (χ4v) is 1.76. The Balaban J connectivity index is 4.61. The quantitative estimate of drug-likeness (QED) is 0.639. The predicted molar refractivity (Wildman–Crippen MR) is 71.2 cm³/mol. The Kier molecular flexibility index (Phi) is 6.91. The molecule has 0 aliphatic rings. The number of ether oxygens (including phenoxy) is 1. The Hall–Kier alpha value is -1.10. The minimum atomic E-state index is -0.601. The minimum Gasteiger partial charge on any atom is -0.469 e. The standard InChI is InChI=1S/C13H26N2O3/c1-7-8-15(9-11(16)14(4)5)10-13(2,3)12(17)18-6/h7-10H2,1-6H3. The number of rotatable bonds is 7. The first-order valence-corrected chi connectivity index (χ1v) is 6.25. The molecule has 0 N–H and O–H groups in total. The normalized spacial score (nSPS) is 11.5. The summed E-state index contributed by atoms with van der Waals surface area (Å²) < 4.78 is 4.79. The second-order valence-electron chi connectivity index (χ2n) is 5.37. The first-order chi connectivity index (χ1) is 8.24. The number of methoxy groups -OCH3 is 1. The molecule has 0 unspecified atom stereocenters. The maximum absolute atomic E-state index is 11.7. The number of amides is 1. The van der Waals surface area contributed by atoms with Crippen molar-refractivity contribution in [1.29, 1.82) is 0 Å². The van der Waals surface area contributed by atoms with E-state index < -0.39 is 5.41 Å². The van der Waals surface area contributed by atoms with Crippen LogP contribution in [0, 0.1) is 5.41 Å². The van der Waals surface area contributed by atoms with Crippen LogP contribution in [0.4, 0.5) is 0 Å². The first kappa shape index (κ1) is 16.9. The van der Waals surface area contributed by atoms with E-state index >= 15 is 0 Å². The monoisotopic (exact) mass is 258 g/mol. The fourth-order valence-electron chi connectivity index (χ4n) is 1.76. The van der Waals surface area contributed by atoms with E-state index in [-0.39, 0.29) is 11.9 Å². The van der Waals surface area contributed by atoms with Crippen molar-refractivity contribution in [2.24, 2.45) is 5.41 Å². The number of hydrogen-bond acceptors (Lipinski definition) is 4. The maximum Gasteiger partial charge on any atom is 0.312 e. The topological polar surface area (TPSA) is 49.9 Å². The highest BCUT2D eigenvalue weighted by Gasteiger charge is 2.31. The van der Waals surface area contributed by atoms with Crippen LogP contribution in [0.1, 0.15) is 27.2 Å². The zero-order valence-electron chi connectivity index (χ0n) is 12.4. The second-order valence-corrected chi connectivity index (χ2v) is 5.37. The van der Waals surface area contributed by atoms with Gasteiger partial charge in [-0.15, -0.1) is 0 Å². The van der Waals surface area contributed by atoms with Crippen molar-refractivity contribution < 1.29 is 14.3 Å². The van der Waals surface area contributed by atoms with Gasteiger partial charge < -0.3 is 9.64 Å². The van der Waals surface area contributed by atoms with Crippen LogP contribution in [-0.2, 0) is 14.3 Å². The van der Waals surface area contributed by atoms with Gasteiger partial charge in [-0.2, -0.15) is 0 Å². The SMILES string of the molecule is CCCN(CC(=O)N(C)C)CC(C)(C)C(=O)OC. The number of carbonyl (C=O) groups excluding carboxylic acids is 2. The van der Waals surface area contributed by atoms with E-state index in [2.05, 4.69) is 6.92 Å². The van der Waals surface area contributed by atoms with Gasteiger partial charge in [0.25, 0.3) is 0 Å². The lowest BCUT2D eigenvalue weighted by atomic mass is 9.93. The van der Waals surface area contributed by atoms with E-state index in [0.717, 1.165) is 13.0 Å². The molecule has 0 saturated carbocycles. The molecule has 0 aromatic heterocycles. The van der Waals surface area contributed by atoms with Crippen LogP contribution >= 0.6 is 0 Å². The van der Waals surface area contributed by atoms with E-state index in [4.69, 9.17) is 4.74 Å². The van der Waals surface area contributed by atoms with Crippen LogP contribution in [0.3, 0.4) is 0 Å². The lowest BCUT2D eigenvalue weighted by Gasteiger charge is -2.30. The molecule has 1 amide bonds. The fraction of sp³-hybridized carbons (Fsp3) is 0.846. The number of likely N-dealkylation sites (N-methyl/N-ethyl adjacent to an activating group) is 1. The minimum absolute atomic E-state index is 0.0455. The number of esters is 1. The third kappa shape index (κ3) is 5.49. The van der Waals surface area contributed by atoms with Crippen molar-refractivity contribution in [3.05, 3.63) is 0 Å². The van der Waals surface area contributed by atoms with Crippen molar-refractivity contribution in [3.63, 3.8) is 0 Å². The zero-order chi connectivity index (χ0) is 14.3. The van der Waals surface area contributed by atoms with E-state index in [9.17, 15) is 9.59 Å². The van der Waals surface area contributed by atoms with Gasteiger partial charge in [-0.1, -0.05) is 6.92 Å². The Morgan fingerprint density at radius 3 is 2.17 bits per heavy atom. The molecule has 0 spiro atoms. The Morgan fingerprint density at radius 1 is 1.22 bits per heavy atom. The molecule has 0 fully saturated rings. The van der Waals surface area contributed by atoms with E-state index in [1.807, 2.05) is 18.7 Å². The number of nitrogens with zero attached hydrogens (tertiary/aromatic N) is 2. The summed E-state index contributed by atoms with van der Waals surface area (Å²) in [4.78, 5) is 26.9. The molecule has 0 aromatic rings. The van der Waals surface area contributed by atoms with Gasteiger partial charge in [0.1, 0.15) is 0 Å². The first-order valence-electron chi connectivity index (χ1n) is 6.25. The van der Waals surface area contributed by atoms with Crippen LogP contribution in [0.2, 0.25) is 0 Å². The number of carbonyl (C=O) groups is 2. The lowest BCUT2D eigenvalue weighted by molar-refractivity contribution is -0.152. The summed E-state index contributed by atoms with van der Waals surface area (Å²) in [5, 5.41) is 0. The largest absolute Gasteiger partial charge is 0.469 e. The summed E-state index contributed by atoms with van der Waals surface area (Å²) in [5.74, 6) is -0.204. The van der Waals surface area contributed by atoms with Gasteiger partial charge in [-0.05, 0) is 26.8 Å². The predicted octanol–water partition coefficient (Wildman–Crippen LogP) is 0.986. The van der Waals surface area contributed by atoms with Crippen LogP contribution in [-0.4, -0.2) is 62.5 Å². The second kappa shape index (κ2) is 7.36. The molecule has 5 nitrogen and oxygen atoms in total. The highest BCUT2D eigenvalue weighted by molar-refractivity contribution is 5.78. The Morgan fingerprint density at radius 2 is 1.78 bits per heavy atom. The van der Waals surface area contributed by atoms with Crippen molar-refractivity contribution >= 4 is 11.9 Å². The van der Waals surface area contributed by atoms with Crippen LogP contribution in [0.25, 0.3) is 0 Å². The summed E-state index contributed by atoms with van der Waals surface area (Å²) in [6.07, 6.45) is 0.942. The molecule has 0 atom stereocenters. The highest BCUT2D eigenvalue weighted by atomic mass is 16.5. The van der Waals surface area contributed by atoms with Gasteiger partial charge in [0.05, 0.1) is 19.1 Å². The summed E-state index contributed by atoms with van der Waals surface area (Å²) in [6, 6.07) is 0. The average molecular weight is 258 g/mol. The third-order valence-corrected chi connectivity index (χ3v) is 2.75. The van der Waals surface area contributed by atoms with Crippen LogP contribution in [0.15, 0.2) is 0 Å². The third-order valence-electron chi connectivity index (χ3n) is 2.75. The molecule has 0 bridgehead atoms. The summed E-state index contributed by atoms with van der Waals surface area (Å²) >= 11 is 0. The van der Waals surface area contributed by atoms with Gasteiger partial charge in [0, 0.05) is 20.6 Å². The molecule has 5 heteroatoms. The Labute approximate surface area is 110 Å². The molecule has 106 valence electrons. The molecule has 0 radical (unpaired) electrons. The molecular formula is C13H26N2O3. The van der Waals surface area contributed by atoms with Crippen molar-refractivity contribution in [3.8, 4) is 0 Å². The van der Waals surface area contributed by atoms with Crippen LogP contribution < -0.4 is 0 Å². The Bertz CT molecular complexity index is 288. The van der Waals surface area contributed by atoms with Crippen molar-refractivity contribution in [2.45, 2.75) is 27.2 Å². The molecule has 0 aromatic carbocycles. The van der Waals surface area contributed by atoms with Gasteiger partial charge >= 0.3 is 5.97 Å². The molecular weight excluding hydrogens is 232 g/mol. The van der Waals surface area contributed by atoms with E-state index in [1.165, 1.54) is 7.11 Å². The molecule has 0 rings (SSSR count). The summed E-state index contributed by atoms with van der Waals surface area (Å²) in [6.45, 7) is 7.37. The molecule has 0 heterocycles. The average Bonchev–Trinajstić information content (AvgIpc) is 2.27. The van der Waals surface area contributed by atoms with Crippen molar-refractivity contribution in [2.75, 3.05) is 40.8 Å². The van der Waals surface area contributed by atoms with E-state index in [1.54, 1.807) is 19.0 Å². The molecule has 18 heavy (non-hydrogen) atoms. The molecule has 0 saturated heterocycles. The van der Waals surface area contributed by atoms with E-state index in [0.29, 0.717) is 13.1 Å². The zero-order valence-corrected chi connectivity index (χ0v) is 12.4. The van der Waals surface area contributed by atoms with Crippen molar-refractivity contribution in [1.82, 2.24) is 9.80 Å². The van der Waals surface area contributed by atoms with Crippen LogP contribution in [0.5, 0.6) is 0 Å². The molecule has 0 aliphatic carbocycles. The van der Waals surface area contributed by atoms with Gasteiger partial charge in [0.15, 0.2) is 0 Å². The van der Waals surface area contributed by atoms with Gasteiger partial charge in [-0.25, -0.2) is 0 Å². The van der Waals surface area contributed by atoms with Gasteiger partial charge in [0.2, 0.25) is 5.91 Å². The summed E-state index contributed by atoms with van der Waals surface area (Å²) in [7, 11) is 4.86. The van der Waals surface area contributed by atoms with Gasteiger partial charge in [-0.3, -0.25) is 14.5 Å². The molecule has 0 aliphatic heterocycles. The highest BCUT2D eigenvalue weighted by Crippen LogP contribution is 2.19. The lowest BCUT2D eigenvalue weighted by Crippen LogP contribution is -2.44. The number of hydrogen-bond donors (Lipinski definition) is 0. The smallest absolute Gasteiger partial charge is 0.312 e. The summed E-state index contributed by atoms with van der Waals surface area (Å²) in [5.41, 5.74) is -0.601.